The normalized spacial score (nSPS) is 11.8. The summed E-state index contributed by atoms with van der Waals surface area (Å²) >= 11 is 0. The summed E-state index contributed by atoms with van der Waals surface area (Å²) in [7, 11) is 0. The molecule has 0 atom stereocenters. The zero-order chi connectivity index (χ0) is 12.1. The molecule has 0 bridgehead atoms. The Kier molecular flexibility index (Phi) is 3.55. The molecule has 0 aliphatic heterocycles. The summed E-state index contributed by atoms with van der Waals surface area (Å²) < 4.78 is 0. The fraction of sp³-hybridized carbons (Fsp3) is 0.133. The van der Waals surface area contributed by atoms with Crippen molar-refractivity contribution in [1.82, 2.24) is 0 Å². The molecule has 2 aromatic rings. The number of nitrogens with zero attached hydrogens (tertiary/aromatic N) is 1. The molecular weight excluding hydrogens is 210 g/mol. The third-order valence-electron chi connectivity index (χ3n) is 2.84. The highest BCUT2D eigenvalue weighted by atomic mass is 16.4. The summed E-state index contributed by atoms with van der Waals surface area (Å²) in [5.74, 6) is 0.0161. The molecule has 0 fully saturated rings. The number of rotatable bonds is 3. The average Bonchev–Trinajstić information content (AvgIpc) is 2.41. The van der Waals surface area contributed by atoms with Gasteiger partial charge < -0.3 is 5.21 Å². The van der Waals surface area contributed by atoms with E-state index >= 15 is 0 Å². The highest BCUT2D eigenvalue weighted by molar-refractivity contribution is 5.91. The van der Waals surface area contributed by atoms with Crippen molar-refractivity contribution in [2.75, 3.05) is 0 Å². The molecular formula is C15H15NO. The lowest BCUT2D eigenvalue weighted by Gasteiger charge is -2.16. The highest BCUT2D eigenvalue weighted by Gasteiger charge is 2.17. The maximum Gasteiger partial charge on any atom is 0.0658 e. The summed E-state index contributed by atoms with van der Waals surface area (Å²) in [6.45, 7) is 1.84. The van der Waals surface area contributed by atoms with E-state index in [1.807, 2.05) is 67.6 Å². The zero-order valence-electron chi connectivity index (χ0n) is 9.75. The van der Waals surface area contributed by atoms with Crippen molar-refractivity contribution in [3.63, 3.8) is 0 Å². The van der Waals surface area contributed by atoms with Crippen molar-refractivity contribution in [2.24, 2.45) is 5.16 Å². The van der Waals surface area contributed by atoms with Crippen molar-refractivity contribution in [3.05, 3.63) is 71.8 Å². The van der Waals surface area contributed by atoms with E-state index < -0.39 is 0 Å². The first kappa shape index (κ1) is 11.4. The Balaban J connectivity index is 2.47. The second kappa shape index (κ2) is 5.30. The SMILES string of the molecule is C/C(=N/O)C(c1ccccc1)c1ccccc1. The number of hydrogen-bond acceptors (Lipinski definition) is 2. The fourth-order valence-corrected chi connectivity index (χ4v) is 2.02. The lowest BCUT2D eigenvalue weighted by molar-refractivity contribution is 0.317. The summed E-state index contributed by atoms with van der Waals surface area (Å²) in [6.07, 6.45) is 0. The van der Waals surface area contributed by atoms with E-state index in [0.29, 0.717) is 5.71 Å². The van der Waals surface area contributed by atoms with Gasteiger partial charge in [0.05, 0.1) is 11.6 Å². The summed E-state index contributed by atoms with van der Waals surface area (Å²) in [5.41, 5.74) is 2.96. The molecule has 0 radical (unpaired) electrons. The van der Waals surface area contributed by atoms with Crippen LogP contribution in [0.2, 0.25) is 0 Å². The van der Waals surface area contributed by atoms with Crippen LogP contribution in [0.4, 0.5) is 0 Å². The largest absolute Gasteiger partial charge is 0.411 e. The van der Waals surface area contributed by atoms with Crippen molar-refractivity contribution in [1.29, 1.82) is 0 Å². The van der Waals surface area contributed by atoms with Gasteiger partial charge in [-0.2, -0.15) is 0 Å². The van der Waals surface area contributed by atoms with Gasteiger partial charge in [0.15, 0.2) is 0 Å². The van der Waals surface area contributed by atoms with Crippen LogP contribution in [0, 0.1) is 0 Å². The minimum Gasteiger partial charge on any atom is -0.411 e. The molecule has 0 unspecified atom stereocenters. The standard InChI is InChI=1S/C15H15NO/c1-12(16-17)15(13-8-4-2-5-9-13)14-10-6-3-7-11-14/h2-11,15,17H,1H3/b16-12-. The van der Waals surface area contributed by atoms with Crippen molar-refractivity contribution >= 4 is 5.71 Å². The van der Waals surface area contributed by atoms with Crippen LogP contribution < -0.4 is 0 Å². The van der Waals surface area contributed by atoms with E-state index in [0.717, 1.165) is 11.1 Å². The van der Waals surface area contributed by atoms with E-state index in [4.69, 9.17) is 5.21 Å². The van der Waals surface area contributed by atoms with Crippen LogP contribution in [0.5, 0.6) is 0 Å². The Morgan fingerprint density at radius 1 is 0.882 bits per heavy atom. The van der Waals surface area contributed by atoms with Crippen LogP contribution in [0.1, 0.15) is 24.0 Å². The van der Waals surface area contributed by atoms with Crippen LogP contribution in [0.15, 0.2) is 65.8 Å². The van der Waals surface area contributed by atoms with Gasteiger partial charge in [0.2, 0.25) is 0 Å². The Hall–Kier alpha value is -2.09. The van der Waals surface area contributed by atoms with Crippen LogP contribution in [0.25, 0.3) is 0 Å². The molecule has 2 aromatic carbocycles. The molecule has 17 heavy (non-hydrogen) atoms. The fourth-order valence-electron chi connectivity index (χ4n) is 2.02. The molecule has 2 nitrogen and oxygen atoms in total. The first-order valence-electron chi connectivity index (χ1n) is 5.61. The number of hydrogen-bond donors (Lipinski definition) is 1. The van der Waals surface area contributed by atoms with Gasteiger partial charge >= 0.3 is 0 Å². The average molecular weight is 225 g/mol. The van der Waals surface area contributed by atoms with E-state index in [-0.39, 0.29) is 5.92 Å². The maximum absolute atomic E-state index is 9.02. The lowest BCUT2D eigenvalue weighted by atomic mass is 9.88. The van der Waals surface area contributed by atoms with Gasteiger partial charge in [0.25, 0.3) is 0 Å². The second-order valence-corrected chi connectivity index (χ2v) is 4.00. The van der Waals surface area contributed by atoms with Crippen LogP contribution in [-0.2, 0) is 0 Å². The summed E-state index contributed by atoms with van der Waals surface area (Å²) in [4.78, 5) is 0. The first-order chi connectivity index (χ1) is 8.33. The molecule has 0 aliphatic rings. The first-order valence-corrected chi connectivity index (χ1v) is 5.61. The molecule has 0 amide bonds. The van der Waals surface area contributed by atoms with Crippen LogP contribution >= 0.6 is 0 Å². The van der Waals surface area contributed by atoms with Crippen molar-refractivity contribution in [3.8, 4) is 0 Å². The van der Waals surface area contributed by atoms with Gasteiger partial charge in [0.1, 0.15) is 0 Å². The molecule has 0 spiro atoms. The summed E-state index contributed by atoms with van der Waals surface area (Å²) in [6, 6.07) is 20.1. The number of benzene rings is 2. The minimum atomic E-state index is 0.0161. The quantitative estimate of drug-likeness (QED) is 0.482. The molecule has 0 heterocycles. The Morgan fingerprint density at radius 3 is 1.65 bits per heavy atom. The van der Waals surface area contributed by atoms with E-state index in [2.05, 4.69) is 5.16 Å². The smallest absolute Gasteiger partial charge is 0.0658 e. The predicted octanol–water partition coefficient (Wildman–Crippen LogP) is 3.67. The molecule has 2 heteroatoms. The number of oxime groups is 1. The minimum absolute atomic E-state index is 0.0161. The Labute approximate surface area is 101 Å². The van der Waals surface area contributed by atoms with Crippen LogP contribution in [-0.4, -0.2) is 10.9 Å². The molecule has 1 N–H and O–H groups in total. The van der Waals surface area contributed by atoms with E-state index in [1.54, 1.807) is 0 Å². The van der Waals surface area contributed by atoms with Crippen molar-refractivity contribution in [2.45, 2.75) is 12.8 Å². The van der Waals surface area contributed by atoms with Crippen molar-refractivity contribution < 1.29 is 5.21 Å². The van der Waals surface area contributed by atoms with Gasteiger partial charge in [0, 0.05) is 0 Å². The molecule has 2 rings (SSSR count). The molecule has 0 saturated heterocycles. The predicted molar refractivity (Wildman–Crippen MR) is 69.6 cm³/mol. The van der Waals surface area contributed by atoms with Gasteiger partial charge in [-0.3, -0.25) is 0 Å². The summed E-state index contributed by atoms with van der Waals surface area (Å²) in [5, 5.41) is 12.4. The van der Waals surface area contributed by atoms with Gasteiger partial charge in [-0.05, 0) is 18.1 Å². The maximum atomic E-state index is 9.02. The molecule has 86 valence electrons. The Bertz CT molecular complexity index is 451. The monoisotopic (exact) mass is 225 g/mol. The molecule has 0 aromatic heterocycles. The van der Waals surface area contributed by atoms with E-state index in [9.17, 15) is 0 Å². The van der Waals surface area contributed by atoms with Gasteiger partial charge in [-0.1, -0.05) is 65.8 Å². The molecule has 0 saturated carbocycles. The van der Waals surface area contributed by atoms with E-state index in [1.165, 1.54) is 0 Å². The topological polar surface area (TPSA) is 32.6 Å². The third-order valence-corrected chi connectivity index (χ3v) is 2.84. The van der Waals surface area contributed by atoms with Crippen LogP contribution in [0.3, 0.4) is 0 Å². The highest BCUT2D eigenvalue weighted by Crippen LogP contribution is 2.25. The third kappa shape index (κ3) is 2.53. The van der Waals surface area contributed by atoms with Gasteiger partial charge in [-0.25, -0.2) is 0 Å². The lowest BCUT2D eigenvalue weighted by Crippen LogP contribution is -2.10. The zero-order valence-corrected chi connectivity index (χ0v) is 9.75. The second-order valence-electron chi connectivity index (χ2n) is 4.00. The Morgan fingerprint density at radius 2 is 1.29 bits per heavy atom. The van der Waals surface area contributed by atoms with Gasteiger partial charge in [-0.15, -0.1) is 0 Å². The molecule has 0 aliphatic carbocycles.